The van der Waals surface area contributed by atoms with Gasteiger partial charge >= 0.3 is 0 Å². The highest BCUT2D eigenvalue weighted by molar-refractivity contribution is 5.82. The van der Waals surface area contributed by atoms with Gasteiger partial charge in [0.15, 0.2) is 11.5 Å². The van der Waals surface area contributed by atoms with Crippen LogP contribution in [0.25, 0.3) is 11.2 Å². The van der Waals surface area contributed by atoms with Crippen LogP contribution in [-0.2, 0) is 6.54 Å². The van der Waals surface area contributed by atoms with E-state index in [4.69, 9.17) is 16.6 Å². The van der Waals surface area contributed by atoms with Gasteiger partial charge in [0.1, 0.15) is 5.52 Å². The van der Waals surface area contributed by atoms with Crippen molar-refractivity contribution in [3.8, 4) is 0 Å². The molecule has 0 atom stereocenters. The molecule has 74 valence electrons. The molecule has 0 aromatic carbocycles. The van der Waals surface area contributed by atoms with Gasteiger partial charge in [-0.05, 0) is 0 Å². The quantitative estimate of drug-likeness (QED) is 0.563. The molecular formula is C7H10N6O. The third-order valence-electron chi connectivity index (χ3n) is 1.85. The number of aliphatic hydroxyl groups excluding tert-OH is 1. The first-order valence-electron chi connectivity index (χ1n) is 4.07. The first-order valence-corrected chi connectivity index (χ1v) is 4.07. The van der Waals surface area contributed by atoms with Gasteiger partial charge in [0.05, 0.1) is 12.9 Å². The second-order valence-electron chi connectivity index (χ2n) is 2.80. The van der Waals surface area contributed by atoms with E-state index < -0.39 is 0 Å². The Bertz CT molecular complexity index is 464. The first kappa shape index (κ1) is 8.70. The molecule has 2 rings (SSSR count). The number of nitrogens with zero attached hydrogens (tertiary/aromatic N) is 4. The SMILES string of the molecule is Nc1nc(N)c2ncn(CCO)c2n1. The Labute approximate surface area is 79.4 Å². The first-order chi connectivity index (χ1) is 6.72. The van der Waals surface area contributed by atoms with E-state index in [2.05, 4.69) is 15.0 Å². The zero-order chi connectivity index (χ0) is 10.1. The van der Waals surface area contributed by atoms with Crippen molar-refractivity contribution in [2.24, 2.45) is 0 Å². The molecule has 0 aliphatic carbocycles. The third-order valence-corrected chi connectivity index (χ3v) is 1.85. The van der Waals surface area contributed by atoms with Gasteiger partial charge in [0.2, 0.25) is 5.95 Å². The van der Waals surface area contributed by atoms with Gasteiger partial charge < -0.3 is 21.1 Å². The fourth-order valence-electron chi connectivity index (χ4n) is 1.25. The average molecular weight is 194 g/mol. The second-order valence-corrected chi connectivity index (χ2v) is 2.80. The molecule has 0 amide bonds. The summed E-state index contributed by atoms with van der Waals surface area (Å²) in [5.41, 5.74) is 12.1. The number of rotatable bonds is 2. The molecule has 0 spiro atoms. The van der Waals surface area contributed by atoms with Crippen LogP contribution in [0.3, 0.4) is 0 Å². The minimum absolute atomic E-state index is 0.00920. The minimum Gasteiger partial charge on any atom is -0.395 e. The zero-order valence-electron chi connectivity index (χ0n) is 7.38. The van der Waals surface area contributed by atoms with E-state index in [0.717, 1.165) is 0 Å². The van der Waals surface area contributed by atoms with E-state index in [1.165, 1.54) is 0 Å². The molecule has 0 bridgehead atoms. The molecule has 5 N–H and O–H groups in total. The summed E-state index contributed by atoms with van der Waals surface area (Å²) in [6.45, 7) is 0.418. The summed E-state index contributed by atoms with van der Waals surface area (Å²) < 4.78 is 1.67. The molecule has 0 fully saturated rings. The van der Waals surface area contributed by atoms with Crippen LogP contribution in [0.2, 0.25) is 0 Å². The van der Waals surface area contributed by atoms with Crippen molar-refractivity contribution in [2.75, 3.05) is 18.1 Å². The summed E-state index contributed by atoms with van der Waals surface area (Å²) in [7, 11) is 0. The Morgan fingerprint density at radius 1 is 1.36 bits per heavy atom. The Balaban J connectivity index is 2.66. The number of hydrogen-bond donors (Lipinski definition) is 3. The molecule has 2 heterocycles. The number of aromatic nitrogens is 4. The van der Waals surface area contributed by atoms with Crippen LogP contribution in [-0.4, -0.2) is 31.2 Å². The number of fused-ring (bicyclic) bond motifs is 1. The lowest BCUT2D eigenvalue weighted by atomic mass is 10.5. The summed E-state index contributed by atoms with van der Waals surface area (Å²) in [4.78, 5) is 11.8. The summed E-state index contributed by atoms with van der Waals surface area (Å²) in [6.07, 6.45) is 1.55. The Morgan fingerprint density at radius 3 is 2.86 bits per heavy atom. The number of imidazole rings is 1. The number of nitrogen functional groups attached to an aromatic ring is 2. The standard InChI is InChI=1S/C7H10N6O/c8-5-4-6(12-7(9)11-5)13(1-2-14)3-10-4/h3,14H,1-2H2,(H4,8,9,11,12). The van der Waals surface area contributed by atoms with Crippen LogP contribution in [0.1, 0.15) is 0 Å². The lowest BCUT2D eigenvalue weighted by molar-refractivity contribution is 0.277. The minimum atomic E-state index is 0.00920. The molecular weight excluding hydrogens is 184 g/mol. The molecule has 0 saturated heterocycles. The lowest BCUT2D eigenvalue weighted by Gasteiger charge is -2.01. The van der Waals surface area contributed by atoms with Crippen LogP contribution in [0.4, 0.5) is 11.8 Å². The van der Waals surface area contributed by atoms with Gasteiger partial charge in [0, 0.05) is 6.54 Å². The van der Waals surface area contributed by atoms with Crippen molar-refractivity contribution >= 4 is 22.9 Å². The normalized spacial score (nSPS) is 10.9. The van der Waals surface area contributed by atoms with Crippen molar-refractivity contribution in [2.45, 2.75) is 6.54 Å². The molecule has 0 radical (unpaired) electrons. The molecule has 0 aliphatic heterocycles. The largest absolute Gasteiger partial charge is 0.395 e. The van der Waals surface area contributed by atoms with E-state index in [1.807, 2.05) is 0 Å². The Morgan fingerprint density at radius 2 is 2.14 bits per heavy atom. The van der Waals surface area contributed by atoms with E-state index >= 15 is 0 Å². The zero-order valence-corrected chi connectivity index (χ0v) is 7.38. The molecule has 0 aliphatic rings. The number of hydrogen-bond acceptors (Lipinski definition) is 6. The highest BCUT2D eigenvalue weighted by Gasteiger charge is 2.08. The van der Waals surface area contributed by atoms with Crippen molar-refractivity contribution in [3.05, 3.63) is 6.33 Å². The number of aliphatic hydroxyl groups is 1. The Hall–Kier alpha value is -1.89. The summed E-state index contributed by atoms with van der Waals surface area (Å²) in [5.74, 6) is 0.360. The monoisotopic (exact) mass is 194 g/mol. The van der Waals surface area contributed by atoms with E-state index in [1.54, 1.807) is 10.9 Å². The highest BCUT2D eigenvalue weighted by Crippen LogP contribution is 2.16. The van der Waals surface area contributed by atoms with Gasteiger partial charge in [0.25, 0.3) is 0 Å². The summed E-state index contributed by atoms with van der Waals surface area (Å²) in [5, 5.41) is 8.78. The van der Waals surface area contributed by atoms with Crippen LogP contribution in [0, 0.1) is 0 Å². The van der Waals surface area contributed by atoms with Gasteiger partial charge in [-0.1, -0.05) is 0 Å². The van der Waals surface area contributed by atoms with Crippen LogP contribution in [0.5, 0.6) is 0 Å². The van der Waals surface area contributed by atoms with Gasteiger partial charge in [-0.15, -0.1) is 0 Å². The number of nitrogens with two attached hydrogens (primary N) is 2. The fraction of sp³-hybridized carbons (Fsp3) is 0.286. The van der Waals surface area contributed by atoms with Crippen LogP contribution in [0.15, 0.2) is 6.33 Å². The maximum absolute atomic E-state index is 8.78. The molecule has 2 aromatic rings. The second kappa shape index (κ2) is 3.11. The number of anilines is 2. The van der Waals surface area contributed by atoms with Crippen molar-refractivity contribution < 1.29 is 5.11 Å². The topological polar surface area (TPSA) is 116 Å². The van der Waals surface area contributed by atoms with Crippen molar-refractivity contribution in [3.63, 3.8) is 0 Å². The molecule has 14 heavy (non-hydrogen) atoms. The smallest absolute Gasteiger partial charge is 0.224 e. The average Bonchev–Trinajstić information content (AvgIpc) is 2.49. The van der Waals surface area contributed by atoms with Crippen LogP contribution >= 0.6 is 0 Å². The van der Waals surface area contributed by atoms with Gasteiger partial charge in [-0.2, -0.15) is 9.97 Å². The predicted octanol–water partition coefficient (Wildman–Crippen LogP) is -1.02. The van der Waals surface area contributed by atoms with E-state index in [0.29, 0.717) is 17.7 Å². The predicted molar refractivity (Wildman–Crippen MR) is 51.2 cm³/mol. The molecule has 0 unspecified atom stereocenters. The van der Waals surface area contributed by atoms with E-state index in [-0.39, 0.29) is 18.4 Å². The maximum atomic E-state index is 8.78. The molecule has 0 saturated carbocycles. The van der Waals surface area contributed by atoms with Crippen molar-refractivity contribution in [1.29, 1.82) is 0 Å². The summed E-state index contributed by atoms with van der Waals surface area (Å²) >= 11 is 0. The van der Waals surface area contributed by atoms with Crippen LogP contribution < -0.4 is 11.5 Å². The van der Waals surface area contributed by atoms with Gasteiger partial charge in [-0.3, -0.25) is 0 Å². The molecule has 2 aromatic heterocycles. The molecule has 7 heteroatoms. The maximum Gasteiger partial charge on any atom is 0.224 e. The summed E-state index contributed by atoms with van der Waals surface area (Å²) in [6, 6.07) is 0. The van der Waals surface area contributed by atoms with E-state index in [9.17, 15) is 0 Å². The lowest BCUT2D eigenvalue weighted by Crippen LogP contribution is -2.05. The highest BCUT2D eigenvalue weighted by atomic mass is 16.3. The fourth-order valence-corrected chi connectivity index (χ4v) is 1.25. The van der Waals surface area contributed by atoms with Crippen molar-refractivity contribution in [1.82, 2.24) is 19.5 Å². The van der Waals surface area contributed by atoms with Gasteiger partial charge in [-0.25, -0.2) is 4.98 Å². The Kier molecular flexibility index (Phi) is 1.93. The molecule has 7 nitrogen and oxygen atoms in total. The third kappa shape index (κ3) is 1.23.